The lowest BCUT2D eigenvalue weighted by molar-refractivity contribution is -0.138. The van der Waals surface area contributed by atoms with Crippen molar-refractivity contribution in [2.45, 2.75) is 18.2 Å². The van der Waals surface area contributed by atoms with Gasteiger partial charge in [0.25, 0.3) is 10.0 Å². The summed E-state index contributed by atoms with van der Waals surface area (Å²) < 4.78 is 35.5. The minimum absolute atomic E-state index is 0.0379. The quantitative estimate of drug-likeness (QED) is 0.774. The number of methoxy groups -OCH3 is 1. The van der Waals surface area contributed by atoms with Gasteiger partial charge in [0, 0.05) is 19.0 Å². The molecule has 0 saturated heterocycles. The second kappa shape index (κ2) is 5.80. The number of carbonyl (C=O) groups excluding carboxylic acids is 2. The van der Waals surface area contributed by atoms with E-state index in [1.807, 2.05) is 0 Å². The van der Waals surface area contributed by atoms with Crippen LogP contribution in [0.25, 0.3) is 5.76 Å². The van der Waals surface area contributed by atoms with Gasteiger partial charge in [0.1, 0.15) is 0 Å². The average Bonchev–Trinajstić information content (AvgIpc) is 2.52. The molecule has 0 N–H and O–H groups in total. The summed E-state index contributed by atoms with van der Waals surface area (Å²) in [5, 5.41) is 0. The summed E-state index contributed by atoms with van der Waals surface area (Å²) in [4.78, 5) is 23.6. The molecule has 0 spiro atoms. The summed E-state index contributed by atoms with van der Waals surface area (Å²) in [5.74, 6) is -1.61. The predicted molar refractivity (Wildman–Crippen MR) is 76.7 cm³/mol. The molecule has 7 nitrogen and oxygen atoms in total. The van der Waals surface area contributed by atoms with E-state index in [2.05, 4.69) is 4.74 Å². The van der Waals surface area contributed by atoms with E-state index in [0.29, 0.717) is 0 Å². The Hall–Kier alpha value is -2.35. The zero-order valence-electron chi connectivity index (χ0n) is 12.3. The molecule has 22 heavy (non-hydrogen) atoms. The fourth-order valence-corrected chi connectivity index (χ4v) is 3.41. The van der Waals surface area contributed by atoms with E-state index < -0.39 is 22.0 Å². The maximum absolute atomic E-state index is 12.5. The molecule has 2 rings (SSSR count). The van der Waals surface area contributed by atoms with Crippen LogP contribution in [0, 0.1) is 0 Å². The fourth-order valence-electron chi connectivity index (χ4n) is 2.02. The molecule has 1 heterocycles. The number of sulfonamides is 1. The number of ether oxygens (including phenoxy) is 2. The van der Waals surface area contributed by atoms with Gasteiger partial charge in [-0.15, -0.1) is 0 Å². The van der Waals surface area contributed by atoms with Crippen LogP contribution in [0.4, 0.5) is 0 Å². The number of nitrogens with zero attached hydrogens (tertiary/aromatic N) is 1. The van der Waals surface area contributed by atoms with Crippen LogP contribution in [0.3, 0.4) is 0 Å². The van der Waals surface area contributed by atoms with Crippen molar-refractivity contribution in [2.75, 3.05) is 14.2 Å². The lowest BCUT2D eigenvalue weighted by atomic mass is 10.1. The van der Waals surface area contributed by atoms with Crippen LogP contribution >= 0.6 is 0 Å². The standard InChI is InChI=1S/C14H15NO6S/c1-4-11(16)21-13-9-7-5-6-8-10(9)22(18,19)15(2)12(13)14(17)20-3/h5-8H,4H2,1-3H3. The fraction of sp³-hybridized carbons (Fsp3) is 0.286. The maximum Gasteiger partial charge on any atom is 0.359 e. The molecule has 0 amide bonds. The second-order valence-electron chi connectivity index (χ2n) is 4.47. The Morgan fingerprint density at radius 1 is 1.23 bits per heavy atom. The van der Waals surface area contributed by atoms with Crippen molar-refractivity contribution in [3.05, 3.63) is 35.5 Å². The number of esters is 2. The summed E-state index contributed by atoms with van der Waals surface area (Å²) in [6, 6.07) is 6.00. The van der Waals surface area contributed by atoms with E-state index in [-0.39, 0.29) is 28.3 Å². The first-order chi connectivity index (χ1) is 10.3. The smallest absolute Gasteiger partial charge is 0.359 e. The third kappa shape index (κ3) is 2.45. The first kappa shape index (κ1) is 16.0. The second-order valence-corrected chi connectivity index (χ2v) is 6.40. The molecule has 0 bridgehead atoms. The van der Waals surface area contributed by atoms with Gasteiger partial charge in [-0.05, 0) is 12.1 Å². The molecule has 0 fully saturated rings. The first-order valence-corrected chi connectivity index (χ1v) is 7.90. The average molecular weight is 325 g/mol. The minimum atomic E-state index is -3.92. The van der Waals surface area contributed by atoms with Crippen molar-refractivity contribution in [3.8, 4) is 0 Å². The van der Waals surface area contributed by atoms with Crippen LogP contribution in [0.2, 0.25) is 0 Å². The Labute approximate surface area is 128 Å². The summed E-state index contributed by atoms with van der Waals surface area (Å²) in [5.41, 5.74) is -0.175. The SMILES string of the molecule is CCC(=O)OC1=C(C(=O)OC)N(C)S(=O)(=O)c2ccccc21. The number of hydrogen-bond donors (Lipinski definition) is 0. The largest absolute Gasteiger partial charge is 0.464 e. The van der Waals surface area contributed by atoms with Crippen LogP contribution in [-0.4, -0.2) is 38.8 Å². The van der Waals surface area contributed by atoms with Crippen molar-refractivity contribution < 1.29 is 27.5 Å². The lowest BCUT2D eigenvalue weighted by Gasteiger charge is -2.29. The summed E-state index contributed by atoms with van der Waals surface area (Å²) in [6.45, 7) is 1.59. The Morgan fingerprint density at radius 2 is 1.86 bits per heavy atom. The maximum atomic E-state index is 12.5. The zero-order chi connectivity index (χ0) is 16.5. The number of rotatable bonds is 3. The highest BCUT2D eigenvalue weighted by atomic mass is 32.2. The summed E-state index contributed by atoms with van der Waals surface area (Å²) in [7, 11) is -1.59. The third-order valence-electron chi connectivity index (χ3n) is 3.18. The van der Waals surface area contributed by atoms with Crippen molar-refractivity contribution in [1.29, 1.82) is 0 Å². The summed E-state index contributed by atoms with van der Waals surface area (Å²) in [6.07, 6.45) is 0.0799. The molecule has 1 aliphatic rings. The van der Waals surface area contributed by atoms with E-state index >= 15 is 0 Å². The van der Waals surface area contributed by atoms with Gasteiger partial charge in [-0.1, -0.05) is 19.1 Å². The molecule has 0 aromatic heterocycles. The molecule has 0 aliphatic carbocycles. The van der Waals surface area contributed by atoms with Crippen LogP contribution in [0.1, 0.15) is 18.9 Å². The van der Waals surface area contributed by atoms with Crippen molar-refractivity contribution in [1.82, 2.24) is 4.31 Å². The highest BCUT2D eigenvalue weighted by Crippen LogP contribution is 2.36. The number of fused-ring (bicyclic) bond motifs is 1. The molecule has 8 heteroatoms. The zero-order valence-corrected chi connectivity index (χ0v) is 13.1. The van der Waals surface area contributed by atoms with Gasteiger partial charge in [0.15, 0.2) is 11.5 Å². The van der Waals surface area contributed by atoms with Gasteiger partial charge >= 0.3 is 11.9 Å². The monoisotopic (exact) mass is 325 g/mol. The van der Waals surface area contributed by atoms with E-state index in [4.69, 9.17) is 4.74 Å². The van der Waals surface area contributed by atoms with Gasteiger partial charge in [0.2, 0.25) is 0 Å². The predicted octanol–water partition coefficient (Wildman–Crippen LogP) is 1.12. The molecule has 0 saturated carbocycles. The molecule has 0 unspecified atom stereocenters. The Kier molecular flexibility index (Phi) is 4.23. The topological polar surface area (TPSA) is 90.0 Å². The van der Waals surface area contributed by atoms with E-state index in [1.165, 1.54) is 19.2 Å². The minimum Gasteiger partial charge on any atom is -0.464 e. The number of hydrogen-bond acceptors (Lipinski definition) is 6. The van der Waals surface area contributed by atoms with Crippen LogP contribution < -0.4 is 0 Å². The van der Waals surface area contributed by atoms with Crippen molar-refractivity contribution in [2.24, 2.45) is 0 Å². The van der Waals surface area contributed by atoms with Crippen LogP contribution in [0.5, 0.6) is 0 Å². The Balaban J connectivity index is 2.78. The molecule has 1 aromatic carbocycles. The molecule has 118 valence electrons. The molecular formula is C14H15NO6S. The van der Waals surface area contributed by atoms with E-state index in [0.717, 1.165) is 11.4 Å². The van der Waals surface area contributed by atoms with Gasteiger partial charge in [-0.25, -0.2) is 13.2 Å². The van der Waals surface area contributed by atoms with Gasteiger partial charge < -0.3 is 9.47 Å². The lowest BCUT2D eigenvalue weighted by Crippen LogP contribution is -2.36. The van der Waals surface area contributed by atoms with Crippen molar-refractivity contribution >= 4 is 27.7 Å². The molecule has 1 aromatic rings. The molecular weight excluding hydrogens is 310 g/mol. The van der Waals surface area contributed by atoms with E-state index in [9.17, 15) is 18.0 Å². The van der Waals surface area contributed by atoms with Crippen LogP contribution in [0.15, 0.2) is 34.9 Å². The molecule has 1 aliphatic heterocycles. The number of benzene rings is 1. The summed E-state index contributed by atoms with van der Waals surface area (Å²) >= 11 is 0. The first-order valence-electron chi connectivity index (χ1n) is 6.46. The van der Waals surface area contributed by atoms with Crippen molar-refractivity contribution in [3.63, 3.8) is 0 Å². The van der Waals surface area contributed by atoms with Crippen LogP contribution in [-0.2, 0) is 29.1 Å². The molecule has 0 atom stereocenters. The third-order valence-corrected chi connectivity index (χ3v) is 5.00. The highest BCUT2D eigenvalue weighted by Gasteiger charge is 2.39. The number of likely N-dealkylation sites (N-methyl/N-ethyl adjacent to an activating group) is 1. The van der Waals surface area contributed by atoms with Gasteiger partial charge in [0.05, 0.1) is 12.0 Å². The Bertz CT molecular complexity index is 765. The van der Waals surface area contributed by atoms with Gasteiger partial charge in [-0.3, -0.25) is 9.10 Å². The van der Waals surface area contributed by atoms with E-state index in [1.54, 1.807) is 19.1 Å². The highest BCUT2D eigenvalue weighted by molar-refractivity contribution is 7.89. The normalized spacial score (nSPS) is 16.0. The Morgan fingerprint density at radius 3 is 2.45 bits per heavy atom. The number of carbonyl (C=O) groups is 2. The molecule has 0 radical (unpaired) electrons. The van der Waals surface area contributed by atoms with Gasteiger partial charge in [-0.2, -0.15) is 0 Å².